The summed E-state index contributed by atoms with van der Waals surface area (Å²) >= 11 is 0. The van der Waals surface area contributed by atoms with Crippen molar-refractivity contribution in [2.45, 2.75) is 6.61 Å². The number of carbonyl (C=O) groups excluding carboxylic acids is 1. The van der Waals surface area contributed by atoms with Gasteiger partial charge in [-0.05, 0) is 36.4 Å². The predicted molar refractivity (Wildman–Crippen MR) is 91.9 cm³/mol. The normalized spacial score (nSPS) is 10.2. The summed E-state index contributed by atoms with van der Waals surface area (Å²) in [6.07, 6.45) is 1.38. The quantitative estimate of drug-likeness (QED) is 0.732. The van der Waals surface area contributed by atoms with Crippen LogP contribution in [0.5, 0.6) is 11.5 Å². The third-order valence-electron chi connectivity index (χ3n) is 3.62. The number of hydrogen-bond acceptors (Lipinski definition) is 6. The smallest absolute Gasteiger partial charge is 0.292 e. The summed E-state index contributed by atoms with van der Waals surface area (Å²) < 4.78 is 17.6. The number of nitrogens with one attached hydrogen (secondary N) is 1. The Labute approximate surface area is 149 Å². The minimum atomic E-state index is -0.471. The second-order valence-electron chi connectivity index (χ2n) is 5.33. The maximum atomic E-state index is 12.3. The third-order valence-corrected chi connectivity index (χ3v) is 3.62. The Balaban J connectivity index is 1.62. The van der Waals surface area contributed by atoms with Crippen molar-refractivity contribution in [1.29, 1.82) is 5.26 Å². The number of nitrogens with zero attached hydrogens (tertiary/aromatic N) is 3. The van der Waals surface area contributed by atoms with Crippen LogP contribution < -0.4 is 14.8 Å². The SMILES string of the molecule is COc1ccc(OCc2ccc(C(=O)Nc3c(C#N)cnn3C)o2)cc1. The summed E-state index contributed by atoms with van der Waals surface area (Å²) in [4.78, 5) is 12.3. The fourth-order valence-electron chi connectivity index (χ4n) is 2.24. The lowest BCUT2D eigenvalue weighted by atomic mass is 10.3. The van der Waals surface area contributed by atoms with E-state index in [1.807, 2.05) is 6.07 Å². The first-order valence-electron chi connectivity index (χ1n) is 7.69. The average Bonchev–Trinajstić information content (AvgIpc) is 3.28. The molecule has 3 aromatic rings. The van der Waals surface area contributed by atoms with E-state index >= 15 is 0 Å². The summed E-state index contributed by atoms with van der Waals surface area (Å²) in [7, 11) is 3.23. The van der Waals surface area contributed by atoms with E-state index in [1.165, 1.54) is 10.9 Å². The maximum absolute atomic E-state index is 12.3. The average molecular weight is 352 g/mol. The Morgan fingerprint density at radius 1 is 1.27 bits per heavy atom. The number of carbonyl (C=O) groups is 1. The van der Waals surface area contributed by atoms with Crippen LogP contribution in [0.15, 0.2) is 47.0 Å². The molecule has 0 aliphatic heterocycles. The van der Waals surface area contributed by atoms with E-state index in [1.54, 1.807) is 50.6 Å². The van der Waals surface area contributed by atoms with Crippen LogP contribution >= 0.6 is 0 Å². The highest BCUT2D eigenvalue weighted by Gasteiger charge is 2.16. The zero-order valence-corrected chi connectivity index (χ0v) is 14.2. The molecule has 132 valence electrons. The summed E-state index contributed by atoms with van der Waals surface area (Å²) in [6.45, 7) is 0.175. The number of rotatable bonds is 6. The van der Waals surface area contributed by atoms with Crippen LogP contribution in [0.2, 0.25) is 0 Å². The highest BCUT2D eigenvalue weighted by atomic mass is 16.5. The molecular weight excluding hydrogens is 336 g/mol. The number of aromatic nitrogens is 2. The Morgan fingerprint density at radius 3 is 2.69 bits per heavy atom. The predicted octanol–water partition coefficient (Wildman–Crippen LogP) is 2.72. The second-order valence-corrected chi connectivity index (χ2v) is 5.33. The molecule has 8 heteroatoms. The molecule has 0 saturated carbocycles. The van der Waals surface area contributed by atoms with Gasteiger partial charge >= 0.3 is 0 Å². The van der Waals surface area contributed by atoms with Crippen LogP contribution in [0.1, 0.15) is 21.9 Å². The van der Waals surface area contributed by atoms with Gasteiger partial charge in [-0.15, -0.1) is 0 Å². The zero-order valence-electron chi connectivity index (χ0n) is 14.2. The maximum Gasteiger partial charge on any atom is 0.292 e. The van der Waals surface area contributed by atoms with Crippen molar-refractivity contribution in [3.8, 4) is 17.6 Å². The van der Waals surface area contributed by atoms with E-state index in [4.69, 9.17) is 19.2 Å². The van der Waals surface area contributed by atoms with Crippen LogP contribution in [-0.4, -0.2) is 22.8 Å². The molecule has 2 heterocycles. The van der Waals surface area contributed by atoms with Crippen LogP contribution in [0.4, 0.5) is 5.82 Å². The number of benzene rings is 1. The molecule has 0 fully saturated rings. The van der Waals surface area contributed by atoms with E-state index in [0.29, 0.717) is 17.3 Å². The number of nitriles is 1. The molecule has 0 saturated heterocycles. The monoisotopic (exact) mass is 352 g/mol. The summed E-state index contributed by atoms with van der Waals surface area (Å²) in [5.74, 6) is 1.84. The van der Waals surface area contributed by atoms with Gasteiger partial charge in [0.2, 0.25) is 0 Å². The molecule has 2 aromatic heterocycles. The lowest BCUT2D eigenvalue weighted by Crippen LogP contribution is -2.14. The highest BCUT2D eigenvalue weighted by molar-refractivity contribution is 6.02. The van der Waals surface area contributed by atoms with Gasteiger partial charge in [-0.1, -0.05) is 0 Å². The van der Waals surface area contributed by atoms with Gasteiger partial charge in [-0.2, -0.15) is 10.4 Å². The molecule has 1 amide bonds. The molecule has 1 N–H and O–H groups in total. The molecule has 0 radical (unpaired) electrons. The van der Waals surface area contributed by atoms with Crippen LogP contribution in [0.3, 0.4) is 0 Å². The van der Waals surface area contributed by atoms with Gasteiger partial charge in [-0.3, -0.25) is 9.48 Å². The minimum absolute atomic E-state index is 0.114. The molecule has 1 aromatic carbocycles. The van der Waals surface area contributed by atoms with Gasteiger partial charge in [0.15, 0.2) is 5.76 Å². The van der Waals surface area contributed by atoms with Crippen molar-refractivity contribution in [2.24, 2.45) is 7.05 Å². The largest absolute Gasteiger partial charge is 0.497 e. The molecule has 0 aliphatic carbocycles. The van der Waals surface area contributed by atoms with Gasteiger partial charge < -0.3 is 19.2 Å². The highest BCUT2D eigenvalue weighted by Crippen LogP contribution is 2.19. The van der Waals surface area contributed by atoms with Crippen molar-refractivity contribution in [3.05, 3.63) is 59.7 Å². The molecular formula is C18H16N4O4. The molecule has 0 unspecified atom stereocenters. The Kier molecular flexibility index (Phi) is 4.90. The van der Waals surface area contributed by atoms with E-state index in [9.17, 15) is 4.79 Å². The summed E-state index contributed by atoms with van der Waals surface area (Å²) in [5, 5.41) is 15.6. The van der Waals surface area contributed by atoms with Crippen molar-refractivity contribution in [3.63, 3.8) is 0 Å². The number of ether oxygens (including phenoxy) is 2. The van der Waals surface area contributed by atoms with Crippen molar-refractivity contribution in [1.82, 2.24) is 9.78 Å². The topological polar surface area (TPSA) is 102 Å². The van der Waals surface area contributed by atoms with Gasteiger partial charge in [0.1, 0.15) is 41.3 Å². The van der Waals surface area contributed by atoms with E-state index in [2.05, 4.69) is 10.4 Å². The van der Waals surface area contributed by atoms with Crippen LogP contribution in [0.25, 0.3) is 0 Å². The Bertz CT molecular complexity index is 950. The zero-order chi connectivity index (χ0) is 18.5. The molecule has 0 bridgehead atoms. The second kappa shape index (κ2) is 7.44. The number of methoxy groups -OCH3 is 1. The molecule has 3 rings (SSSR count). The Morgan fingerprint density at radius 2 is 2.00 bits per heavy atom. The minimum Gasteiger partial charge on any atom is -0.497 e. The number of aryl methyl sites for hydroxylation is 1. The molecule has 0 aliphatic rings. The summed E-state index contributed by atoms with van der Waals surface area (Å²) in [6, 6.07) is 12.3. The Hall–Kier alpha value is -3.73. The van der Waals surface area contributed by atoms with Gasteiger partial charge in [0.05, 0.1) is 13.3 Å². The lowest BCUT2D eigenvalue weighted by molar-refractivity contribution is 0.0991. The van der Waals surface area contributed by atoms with E-state index in [0.717, 1.165) is 5.75 Å². The van der Waals surface area contributed by atoms with E-state index < -0.39 is 5.91 Å². The van der Waals surface area contributed by atoms with Gasteiger partial charge in [-0.25, -0.2) is 0 Å². The number of furan rings is 1. The fraction of sp³-hybridized carbons (Fsp3) is 0.167. The van der Waals surface area contributed by atoms with Crippen molar-refractivity contribution >= 4 is 11.7 Å². The van der Waals surface area contributed by atoms with E-state index in [-0.39, 0.29) is 17.9 Å². The molecule has 26 heavy (non-hydrogen) atoms. The number of anilines is 1. The number of amides is 1. The molecule has 0 atom stereocenters. The first-order chi connectivity index (χ1) is 12.6. The first-order valence-corrected chi connectivity index (χ1v) is 7.69. The molecule has 8 nitrogen and oxygen atoms in total. The molecule has 0 spiro atoms. The van der Waals surface area contributed by atoms with Crippen LogP contribution in [0, 0.1) is 11.3 Å². The fourth-order valence-corrected chi connectivity index (χ4v) is 2.24. The third kappa shape index (κ3) is 3.67. The van der Waals surface area contributed by atoms with Crippen molar-refractivity contribution < 1.29 is 18.7 Å². The standard InChI is InChI=1S/C18H16N4O4/c1-22-17(12(9-19)10-20-22)21-18(23)16-8-7-15(26-16)11-25-14-5-3-13(24-2)4-6-14/h3-8,10H,11H2,1-2H3,(H,21,23). The first kappa shape index (κ1) is 17.1. The summed E-state index contributed by atoms with van der Waals surface area (Å²) in [5.41, 5.74) is 0.274. The van der Waals surface area contributed by atoms with Gasteiger partial charge in [0, 0.05) is 7.05 Å². The lowest BCUT2D eigenvalue weighted by Gasteiger charge is -2.06. The van der Waals surface area contributed by atoms with Crippen LogP contribution in [-0.2, 0) is 13.7 Å². The van der Waals surface area contributed by atoms with Gasteiger partial charge in [0.25, 0.3) is 5.91 Å². The van der Waals surface area contributed by atoms with Crippen molar-refractivity contribution in [2.75, 3.05) is 12.4 Å². The number of hydrogen-bond donors (Lipinski definition) is 1.